The van der Waals surface area contributed by atoms with Crippen molar-refractivity contribution in [3.05, 3.63) is 117 Å². The summed E-state index contributed by atoms with van der Waals surface area (Å²) in [6, 6.07) is 21.0. The van der Waals surface area contributed by atoms with E-state index in [0.29, 0.717) is 11.8 Å². The highest BCUT2D eigenvalue weighted by Gasteiger charge is 2.70. The van der Waals surface area contributed by atoms with Gasteiger partial charge in [0.25, 0.3) is 17.5 Å². The second kappa shape index (κ2) is 8.51. The monoisotopic (exact) mass is 610 g/mol. The topological polar surface area (TPSA) is 130 Å². The lowest BCUT2D eigenvalue weighted by atomic mass is 9.47. The number of hydrogen-bond acceptors (Lipinski definition) is 7. The van der Waals surface area contributed by atoms with Gasteiger partial charge in [0.05, 0.1) is 34.0 Å². The van der Waals surface area contributed by atoms with Gasteiger partial charge in [-0.15, -0.1) is 0 Å². The quantitative estimate of drug-likeness (QED) is 0.143. The highest BCUT2D eigenvalue weighted by Crippen LogP contribution is 2.66. The van der Waals surface area contributed by atoms with Crippen molar-refractivity contribution in [3.63, 3.8) is 0 Å². The van der Waals surface area contributed by atoms with Gasteiger partial charge < -0.3 is 0 Å². The van der Waals surface area contributed by atoms with Gasteiger partial charge in [-0.1, -0.05) is 72.8 Å². The molecule has 8 atom stereocenters. The van der Waals surface area contributed by atoms with Gasteiger partial charge in [-0.05, 0) is 58.4 Å². The van der Waals surface area contributed by atoms with Crippen molar-refractivity contribution in [2.24, 2.45) is 52.4 Å². The predicted molar refractivity (Wildman–Crippen MR) is 163 cm³/mol. The minimum atomic E-state index is -1.31. The summed E-state index contributed by atoms with van der Waals surface area (Å²) in [6.45, 7) is 0. The number of hydrazone groups is 1. The maximum atomic E-state index is 14.7. The zero-order valence-corrected chi connectivity index (χ0v) is 24.3. The van der Waals surface area contributed by atoms with Crippen LogP contribution in [0.15, 0.2) is 90.0 Å². The number of nitro groups is 1. The molecule has 0 N–H and O–H groups in total. The molecule has 2 heterocycles. The van der Waals surface area contributed by atoms with Gasteiger partial charge in [0.2, 0.25) is 11.8 Å². The van der Waals surface area contributed by atoms with Crippen molar-refractivity contribution < 1.29 is 24.1 Å². The number of allylic oxidation sites excluding steroid dienone is 2. The van der Waals surface area contributed by atoms with E-state index >= 15 is 0 Å². The molecule has 226 valence electrons. The Morgan fingerprint density at radius 3 is 1.91 bits per heavy atom. The molecule has 4 fully saturated rings. The Kier molecular flexibility index (Phi) is 4.81. The smallest absolute Gasteiger partial charge is 0.274 e. The molecule has 0 unspecified atom stereocenters. The average Bonchev–Trinajstić information content (AvgIpc) is 3.81. The summed E-state index contributed by atoms with van der Waals surface area (Å²) in [6.07, 6.45) is 6.81. The Bertz CT molecular complexity index is 1970. The predicted octanol–water partition coefficient (Wildman–Crippen LogP) is 4.18. The van der Waals surface area contributed by atoms with Crippen LogP contribution < -0.4 is 4.90 Å². The van der Waals surface area contributed by atoms with Crippen LogP contribution in [0.2, 0.25) is 0 Å². The third-order valence-corrected chi connectivity index (χ3v) is 12.0. The van der Waals surface area contributed by atoms with Crippen molar-refractivity contribution >= 4 is 41.2 Å². The van der Waals surface area contributed by atoms with Gasteiger partial charge in [-0.25, -0.2) is 4.90 Å². The highest BCUT2D eigenvalue weighted by molar-refractivity contribution is 6.25. The van der Waals surface area contributed by atoms with E-state index in [-0.39, 0.29) is 35.0 Å². The van der Waals surface area contributed by atoms with Crippen LogP contribution in [0.1, 0.15) is 34.6 Å². The van der Waals surface area contributed by atoms with Crippen LogP contribution >= 0.6 is 0 Å². The number of anilines is 1. The summed E-state index contributed by atoms with van der Waals surface area (Å²) in [5, 5.41) is 17.7. The molecule has 10 heteroatoms. The molecule has 0 aromatic heterocycles. The molecule has 46 heavy (non-hydrogen) atoms. The Hall–Kier alpha value is -5.25. The van der Waals surface area contributed by atoms with Crippen LogP contribution in [0.4, 0.5) is 11.4 Å². The molecule has 0 spiro atoms. The van der Waals surface area contributed by atoms with Gasteiger partial charge in [-0.2, -0.15) is 10.1 Å². The van der Waals surface area contributed by atoms with Gasteiger partial charge in [-0.3, -0.25) is 29.3 Å². The van der Waals surface area contributed by atoms with Crippen molar-refractivity contribution in [2.45, 2.75) is 17.8 Å². The van der Waals surface area contributed by atoms with Crippen molar-refractivity contribution in [1.82, 2.24) is 5.01 Å². The Morgan fingerprint density at radius 2 is 1.30 bits per heavy atom. The van der Waals surface area contributed by atoms with Crippen molar-refractivity contribution in [3.8, 4) is 0 Å². The second-order valence-corrected chi connectivity index (χ2v) is 13.7. The Labute approximate surface area is 262 Å². The first-order valence-corrected chi connectivity index (χ1v) is 15.8. The number of benzene rings is 3. The van der Waals surface area contributed by atoms with E-state index < -0.39 is 51.7 Å². The second-order valence-electron chi connectivity index (χ2n) is 13.7. The number of hydrogen-bond donors (Lipinski definition) is 0. The van der Waals surface area contributed by atoms with Crippen LogP contribution in [0.5, 0.6) is 0 Å². The van der Waals surface area contributed by atoms with E-state index in [1.54, 1.807) is 12.3 Å². The summed E-state index contributed by atoms with van der Waals surface area (Å²) >= 11 is 0. The van der Waals surface area contributed by atoms with E-state index in [9.17, 15) is 29.3 Å². The van der Waals surface area contributed by atoms with Crippen LogP contribution in [0.3, 0.4) is 0 Å². The molecular formula is C36H26N4O6. The zero-order valence-electron chi connectivity index (χ0n) is 24.3. The first kappa shape index (κ1) is 26.0. The van der Waals surface area contributed by atoms with E-state index in [1.165, 1.54) is 18.2 Å². The highest BCUT2D eigenvalue weighted by atomic mass is 16.6. The Morgan fingerprint density at radius 1 is 0.739 bits per heavy atom. The molecule has 7 aliphatic carbocycles. The maximum absolute atomic E-state index is 14.7. The van der Waals surface area contributed by atoms with Crippen LogP contribution in [-0.2, 0) is 24.6 Å². The third kappa shape index (κ3) is 2.87. The number of nitrogens with zero attached hydrogens (tertiary/aromatic N) is 4. The van der Waals surface area contributed by atoms with Crippen LogP contribution in [-0.4, -0.2) is 39.8 Å². The molecule has 0 radical (unpaired) electrons. The zero-order chi connectivity index (χ0) is 31.2. The third-order valence-electron chi connectivity index (χ3n) is 12.0. The fourth-order valence-corrected chi connectivity index (χ4v) is 10.3. The summed E-state index contributed by atoms with van der Waals surface area (Å²) in [5.74, 6) is -3.96. The SMILES string of the molecule is O=C1[C@@H]2[C@H]3C=C[C@@H]([C@@H]4C[C@H]34)[C@@H]2C(=O)N1/N=C\C12c3ccccc3C(c3ccccc31)[C@H]1C(=O)N(c3ccccc3[N+](=O)[O-])C(=O)[C@H]12. The number of rotatable bonds is 4. The molecule has 2 saturated carbocycles. The lowest BCUT2D eigenvalue weighted by molar-refractivity contribution is -0.384. The molecule has 9 aliphatic rings. The number of nitro benzene ring substituents is 1. The standard InChI is InChI=1S/C36H26N4O6/c41-32-30-27-19-7-1-3-9-23(19)36(24-10-4-2-8-20(24)27,31(30)35(44)38(32)25-11-5-6-12-26(25)40(45)46)16-37-39-33(42)28-17-13-14-18(22-15-21(17)22)29(28)34(39)43/h1-14,16-18,21-22,27-31H,15H2/b37-16-/t17-,18-,21-,22+,27?,28-,29+,30+,31-,36?/m0/s1. The van der Waals surface area contributed by atoms with Gasteiger partial charge >= 0.3 is 0 Å². The minimum absolute atomic E-state index is 0.0371. The fraction of sp³-hybridized carbons (Fsp3) is 0.306. The number of para-hydroxylation sites is 2. The normalized spacial score (nSPS) is 37.0. The van der Waals surface area contributed by atoms with Crippen LogP contribution in [0.25, 0.3) is 0 Å². The molecule has 4 bridgehead atoms. The summed E-state index contributed by atoms with van der Waals surface area (Å²) in [4.78, 5) is 69.3. The van der Waals surface area contributed by atoms with Crippen LogP contribution in [0, 0.1) is 57.5 Å². The number of carbonyl (C=O) groups is 4. The van der Waals surface area contributed by atoms with E-state index in [1.807, 2.05) is 48.5 Å². The lowest BCUT2D eigenvalue weighted by Gasteiger charge is -2.52. The van der Waals surface area contributed by atoms with Gasteiger partial charge in [0.1, 0.15) is 5.69 Å². The number of imide groups is 2. The molecule has 2 saturated heterocycles. The Balaban J connectivity index is 1.16. The number of amides is 4. The van der Waals surface area contributed by atoms with E-state index in [4.69, 9.17) is 0 Å². The molecule has 3 aromatic carbocycles. The molecule has 3 aromatic rings. The molecule has 12 rings (SSSR count). The lowest BCUT2D eigenvalue weighted by Crippen LogP contribution is -2.55. The summed E-state index contributed by atoms with van der Waals surface area (Å²) in [5.41, 5.74) is 1.52. The average molecular weight is 611 g/mol. The van der Waals surface area contributed by atoms with Crippen molar-refractivity contribution in [1.29, 1.82) is 0 Å². The summed E-state index contributed by atoms with van der Waals surface area (Å²) < 4.78 is 0. The molecule has 10 nitrogen and oxygen atoms in total. The minimum Gasteiger partial charge on any atom is -0.274 e. The number of carbonyl (C=O) groups excluding carboxylic acids is 4. The molecule has 2 aliphatic heterocycles. The van der Waals surface area contributed by atoms with Gasteiger partial charge in [0.15, 0.2) is 0 Å². The first-order valence-electron chi connectivity index (χ1n) is 15.8. The molecular weight excluding hydrogens is 584 g/mol. The van der Waals surface area contributed by atoms with E-state index in [2.05, 4.69) is 17.3 Å². The van der Waals surface area contributed by atoms with Crippen molar-refractivity contribution in [2.75, 3.05) is 4.90 Å². The molecule has 4 amide bonds. The first-order chi connectivity index (χ1) is 22.3. The van der Waals surface area contributed by atoms with E-state index in [0.717, 1.165) is 38.6 Å². The maximum Gasteiger partial charge on any atom is 0.293 e. The van der Waals surface area contributed by atoms with Gasteiger partial charge in [0, 0.05) is 18.2 Å². The largest absolute Gasteiger partial charge is 0.293 e. The summed E-state index contributed by atoms with van der Waals surface area (Å²) in [7, 11) is 0. The fourth-order valence-electron chi connectivity index (χ4n) is 10.3.